The number of amides is 2. The first-order valence-electron chi connectivity index (χ1n) is 19.2. The number of imidazole rings is 2. The van der Waals surface area contributed by atoms with Gasteiger partial charge in [-0.1, -0.05) is 36.4 Å². The summed E-state index contributed by atoms with van der Waals surface area (Å²) >= 11 is 0. The van der Waals surface area contributed by atoms with Crippen molar-refractivity contribution in [1.29, 1.82) is 0 Å². The van der Waals surface area contributed by atoms with E-state index in [2.05, 4.69) is 46.4 Å². The number of carbonyl (C=O) groups excluding carboxylic acids is 2. The summed E-state index contributed by atoms with van der Waals surface area (Å²) in [6.45, 7) is 12.8. The first-order valence-corrected chi connectivity index (χ1v) is 19.2. The zero-order valence-corrected chi connectivity index (χ0v) is 31.5. The fourth-order valence-corrected chi connectivity index (χ4v) is 8.50. The molecule has 52 heavy (non-hydrogen) atoms. The van der Waals surface area contributed by atoms with Crippen molar-refractivity contribution in [2.75, 3.05) is 13.1 Å². The van der Waals surface area contributed by atoms with Crippen LogP contribution in [0.3, 0.4) is 0 Å². The maximum Gasteiger partial charge on any atom is 0.410 e. The summed E-state index contributed by atoms with van der Waals surface area (Å²) in [5.74, 6) is 1.73. The molecule has 2 atom stereocenters. The minimum absolute atomic E-state index is 0.0998. The molecule has 0 radical (unpaired) electrons. The Kier molecular flexibility index (Phi) is 8.70. The van der Waals surface area contributed by atoms with Crippen LogP contribution >= 0.6 is 0 Å². The molecule has 0 unspecified atom stereocenters. The molecule has 4 heterocycles. The van der Waals surface area contributed by atoms with Crippen molar-refractivity contribution >= 4 is 12.2 Å². The maximum atomic E-state index is 13.1. The van der Waals surface area contributed by atoms with Gasteiger partial charge in [0.25, 0.3) is 0 Å². The van der Waals surface area contributed by atoms with Crippen LogP contribution in [0.25, 0.3) is 33.6 Å². The standard InChI is InChI=1S/C42H52N6O4/c1-41(2,3)51-39(49)47-21-9-15-33(47)37-43-31-13-7-11-27-23-25(17-19-29(27)35(31)45-37)26-18-20-30-28(24-26)12-8-14-32-36(30)46-38(44-32)34-16-10-22-48(34)40(50)52-42(4,5)6/h17-20,23-24,33-34H,7-16,21-22H2,1-6H3,(H,43,45)(H,44,46)/t33-,34-/m0/s1. The molecule has 2 aromatic carbocycles. The summed E-state index contributed by atoms with van der Waals surface area (Å²) in [6.07, 6.45) is 8.98. The second-order valence-electron chi connectivity index (χ2n) is 17.0. The number of aromatic nitrogens is 4. The fraction of sp³-hybridized carbons (Fsp3) is 0.524. The molecule has 0 saturated carbocycles. The van der Waals surface area contributed by atoms with Crippen molar-refractivity contribution in [3.8, 4) is 33.6 Å². The Balaban J connectivity index is 1.05. The van der Waals surface area contributed by atoms with E-state index in [9.17, 15) is 9.59 Å². The lowest BCUT2D eigenvalue weighted by Gasteiger charge is -2.27. The fourth-order valence-electron chi connectivity index (χ4n) is 8.50. The minimum Gasteiger partial charge on any atom is -0.444 e. The lowest BCUT2D eigenvalue weighted by molar-refractivity contribution is 0.0208. The van der Waals surface area contributed by atoms with E-state index in [1.54, 1.807) is 0 Å². The molecule has 4 aromatic rings. The summed E-state index contributed by atoms with van der Waals surface area (Å²) < 4.78 is 11.5. The molecular formula is C42H52N6O4. The number of carbonyl (C=O) groups is 2. The zero-order valence-electron chi connectivity index (χ0n) is 31.5. The first kappa shape index (κ1) is 34.5. The monoisotopic (exact) mass is 704 g/mol. The van der Waals surface area contributed by atoms with E-state index in [4.69, 9.17) is 19.4 Å². The van der Waals surface area contributed by atoms with Crippen molar-refractivity contribution in [3.05, 3.63) is 70.6 Å². The number of H-pyrrole nitrogens is 2. The molecule has 2 aliphatic heterocycles. The Bertz CT molecular complexity index is 1870. The van der Waals surface area contributed by atoms with Gasteiger partial charge in [0.1, 0.15) is 22.9 Å². The average Bonchev–Trinajstić information content (AvgIpc) is 3.87. The highest BCUT2D eigenvalue weighted by molar-refractivity contribution is 5.78. The van der Waals surface area contributed by atoms with Gasteiger partial charge in [-0.05, 0) is 128 Å². The largest absolute Gasteiger partial charge is 0.444 e. The third-order valence-electron chi connectivity index (χ3n) is 10.8. The lowest BCUT2D eigenvalue weighted by Crippen LogP contribution is -2.36. The van der Waals surface area contributed by atoms with Gasteiger partial charge in [0.15, 0.2) is 0 Å². The molecule has 2 saturated heterocycles. The molecule has 4 aliphatic rings. The summed E-state index contributed by atoms with van der Waals surface area (Å²) in [7, 11) is 0. The van der Waals surface area contributed by atoms with E-state index >= 15 is 0 Å². The van der Waals surface area contributed by atoms with Gasteiger partial charge in [-0.2, -0.15) is 0 Å². The van der Waals surface area contributed by atoms with Gasteiger partial charge in [-0.3, -0.25) is 9.80 Å². The van der Waals surface area contributed by atoms with Gasteiger partial charge < -0.3 is 19.4 Å². The van der Waals surface area contributed by atoms with Gasteiger partial charge in [0.2, 0.25) is 0 Å². The minimum atomic E-state index is -0.536. The predicted octanol–water partition coefficient (Wildman–Crippen LogP) is 9.26. The number of nitrogens with zero attached hydrogens (tertiary/aromatic N) is 4. The number of likely N-dealkylation sites (tertiary alicyclic amines) is 2. The Labute approximate surface area is 306 Å². The number of benzene rings is 2. The molecule has 2 N–H and O–H groups in total. The van der Waals surface area contributed by atoms with E-state index in [-0.39, 0.29) is 24.3 Å². The topological polar surface area (TPSA) is 116 Å². The quantitative estimate of drug-likeness (QED) is 0.220. The van der Waals surface area contributed by atoms with Gasteiger partial charge in [-0.15, -0.1) is 0 Å². The molecule has 2 amide bonds. The molecule has 10 nitrogen and oxygen atoms in total. The van der Waals surface area contributed by atoms with E-state index in [0.29, 0.717) is 13.1 Å². The van der Waals surface area contributed by atoms with Gasteiger partial charge >= 0.3 is 12.2 Å². The number of fused-ring (bicyclic) bond motifs is 6. The second-order valence-corrected chi connectivity index (χ2v) is 17.0. The van der Waals surface area contributed by atoms with Crippen LogP contribution in [-0.2, 0) is 35.2 Å². The van der Waals surface area contributed by atoms with Gasteiger partial charge in [0.05, 0.1) is 23.5 Å². The molecule has 274 valence electrons. The van der Waals surface area contributed by atoms with E-state index in [1.807, 2.05) is 51.3 Å². The third-order valence-corrected chi connectivity index (χ3v) is 10.8. The Morgan fingerprint density at radius 2 is 1.06 bits per heavy atom. The van der Waals surface area contributed by atoms with E-state index in [1.165, 1.54) is 33.4 Å². The number of hydrogen-bond acceptors (Lipinski definition) is 6. The molecule has 2 fully saturated rings. The van der Waals surface area contributed by atoms with Crippen molar-refractivity contribution in [3.63, 3.8) is 0 Å². The molecule has 0 bridgehead atoms. The van der Waals surface area contributed by atoms with Crippen molar-refractivity contribution in [1.82, 2.24) is 29.7 Å². The number of nitrogens with one attached hydrogen (secondary N) is 2. The van der Waals surface area contributed by atoms with Crippen LogP contribution in [0.15, 0.2) is 36.4 Å². The first-order chi connectivity index (χ1) is 24.8. The lowest BCUT2D eigenvalue weighted by atomic mass is 9.93. The molecular weight excluding hydrogens is 653 g/mol. The predicted molar refractivity (Wildman–Crippen MR) is 201 cm³/mol. The highest BCUT2D eigenvalue weighted by Gasteiger charge is 2.37. The summed E-state index contributed by atoms with van der Waals surface area (Å²) in [4.78, 5) is 47.4. The van der Waals surface area contributed by atoms with Gasteiger partial charge in [0, 0.05) is 35.6 Å². The van der Waals surface area contributed by atoms with Crippen LogP contribution in [-0.4, -0.2) is 66.2 Å². The Hall–Kier alpha value is -4.60. The third kappa shape index (κ3) is 6.72. The highest BCUT2D eigenvalue weighted by atomic mass is 16.6. The smallest absolute Gasteiger partial charge is 0.410 e. The summed E-state index contributed by atoms with van der Waals surface area (Å²) in [6, 6.07) is 13.4. The Morgan fingerprint density at radius 3 is 1.46 bits per heavy atom. The maximum absolute atomic E-state index is 13.1. The van der Waals surface area contributed by atoms with Crippen molar-refractivity contribution in [2.24, 2.45) is 0 Å². The number of ether oxygens (including phenoxy) is 2. The van der Waals surface area contributed by atoms with Crippen LogP contribution in [0, 0.1) is 0 Å². The highest BCUT2D eigenvalue weighted by Crippen LogP contribution is 2.41. The van der Waals surface area contributed by atoms with Crippen LogP contribution in [0.1, 0.15) is 126 Å². The van der Waals surface area contributed by atoms with Crippen LogP contribution < -0.4 is 0 Å². The van der Waals surface area contributed by atoms with Crippen LogP contribution in [0.5, 0.6) is 0 Å². The molecule has 10 heteroatoms. The molecule has 0 spiro atoms. The average molecular weight is 705 g/mol. The Morgan fingerprint density at radius 1 is 0.635 bits per heavy atom. The number of aryl methyl sites for hydroxylation is 4. The normalized spacial score (nSPS) is 20.0. The molecule has 8 rings (SSSR count). The SMILES string of the molecule is CC(C)(C)OC(=O)N1CCC[C@H]1c1nc2c([nH]1)CCCc1cc(-c3ccc4c(c3)CCCc3[nH]c([C@@H]5CCCN5C(=O)OC(C)(C)C)nc3-4)ccc1-2. The number of rotatable bonds is 3. The number of aromatic amines is 2. The molecule has 2 aliphatic carbocycles. The van der Waals surface area contributed by atoms with Crippen molar-refractivity contribution in [2.45, 2.75) is 129 Å². The summed E-state index contributed by atoms with van der Waals surface area (Å²) in [5, 5.41) is 0. The van der Waals surface area contributed by atoms with E-state index in [0.717, 1.165) is 98.6 Å². The van der Waals surface area contributed by atoms with Crippen LogP contribution in [0.4, 0.5) is 9.59 Å². The van der Waals surface area contributed by atoms with Crippen molar-refractivity contribution < 1.29 is 19.1 Å². The zero-order chi connectivity index (χ0) is 36.4. The van der Waals surface area contributed by atoms with Gasteiger partial charge in [-0.25, -0.2) is 19.6 Å². The molecule has 2 aromatic heterocycles. The summed E-state index contributed by atoms with van der Waals surface area (Å²) in [5.41, 5.74) is 10.7. The second kappa shape index (κ2) is 13.1. The number of hydrogen-bond donors (Lipinski definition) is 2. The van der Waals surface area contributed by atoms with Crippen LogP contribution in [0.2, 0.25) is 0 Å². The van der Waals surface area contributed by atoms with E-state index < -0.39 is 11.2 Å².